The van der Waals surface area contributed by atoms with Crippen LogP contribution < -0.4 is 11.1 Å². The summed E-state index contributed by atoms with van der Waals surface area (Å²) in [7, 11) is 1.46. The molecule has 1 atom stereocenters. The zero-order valence-corrected chi connectivity index (χ0v) is 10.1. The van der Waals surface area contributed by atoms with Crippen LogP contribution in [0.4, 0.5) is 10.1 Å². The van der Waals surface area contributed by atoms with Gasteiger partial charge in [-0.1, -0.05) is 17.7 Å². The zero-order valence-electron chi connectivity index (χ0n) is 9.37. The van der Waals surface area contributed by atoms with Crippen molar-refractivity contribution in [1.29, 1.82) is 0 Å². The molecule has 0 aliphatic heterocycles. The number of ether oxygens (including phenoxy) is 1. The Bertz CT molecular complexity index is 377. The van der Waals surface area contributed by atoms with E-state index in [1.807, 2.05) is 0 Å². The molecule has 6 heteroatoms. The number of benzene rings is 1. The minimum Gasteiger partial charge on any atom is -0.380 e. The molecule has 0 spiro atoms. The van der Waals surface area contributed by atoms with Gasteiger partial charge in [-0.25, -0.2) is 4.39 Å². The van der Waals surface area contributed by atoms with E-state index >= 15 is 0 Å². The van der Waals surface area contributed by atoms with Crippen LogP contribution in [0.1, 0.15) is 6.42 Å². The molecule has 0 aliphatic rings. The van der Waals surface area contributed by atoms with Crippen LogP contribution in [0.25, 0.3) is 0 Å². The van der Waals surface area contributed by atoms with Gasteiger partial charge in [0, 0.05) is 13.7 Å². The predicted octanol–water partition coefficient (Wildman–Crippen LogP) is 1.78. The number of hydrogen-bond acceptors (Lipinski definition) is 3. The van der Waals surface area contributed by atoms with Crippen molar-refractivity contribution in [3.63, 3.8) is 0 Å². The second-order valence-corrected chi connectivity index (χ2v) is 3.85. The van der Waals surface area contributed by atoms with Gasteiger partial charge in [0.05, 0.1) is 23.2 Å². The summed E-state index contributed by atoms with van der Waals surface area (Å²) in [5.74, 6) is -0.970. The molecule has 1 unspecified atom stereocenters. The van der Waals surface area contributed by atoms with Crippen molar-refractivity contribution in [3.05, 3.63) is 29.0 Å². The first-order valence-electron chi connectivity index (χ1n) is 5.05. The van der Waals surface area contributed by atoms with Gasteiger partial charge in [0.2, 0.25) is 5.91 Å². The van der Waals surface area contributed by atoms with E-state index in [-0.39, 0.29) is 29.8 Å². The number of nitrogens with one attached hydrogen (secondary N) is 1. The minimum atomic E-state index is -0.576. The Kier molecular flexibility index (Phi) is 5.34. The molecule has 0 heterocycles. The Morgan fingerprint density at radius 2 is 2.35 bits per heavy atom. The first-order chi connectivity index (χ1) is 8.08. The average molecular weight is 261 g/mol. The highest BCUT2D eigenvalue weighted by atomic mass is 35.5. The zero-order chi connectivity index (χ0) is 12.8. The smallest absolute Gasteiger partial charge is 0.227 e. The van der Waals surface area contributed by atoms with Crippen LogP contribution in [0, 0.1) is 5.82 Å². The van der Waals surface area contributed by atoms with Gasteiger partial charge in [0.25, 0.3) is 0 Å². The molecule has 0 bridgehead atoms. The summed E-state index contributed by atoms with van der Waals surface area (Å²) >= 11 is 5.77. The molecule has 1 aromatic rings. The monoisotopic (exact) mass is 260 g/mol. The maximum Gasteiger partial charge on any atom is 0.227 e. The molecule has 0 aromatic heterocycles. The molecule has 0 saturated heterocycles. The van der Waals surface area contributed by atoms with Crippen molar-refractivity contribution < 1.29 is 13.9 Å². The van der Waals surface area contributed by atoms with E-state index in [0.29, 0.717) is 0 Å². The third kappa shape index (κ3) is 3.96. The Morgan fingerprint density at radius 3 is 2.88 bits per heavy atom. The molecule has 94 valence electrons. The van der Waals surface area contributed by atoms with E-state index in [9.17, 15) is 9.18 Å². The predicted molar refractivity (Wildman–Crippen MR) is 64.5 cm³/mol. The van der Waals surface area contributed by atoms with E-state index in [4.69, 9.17) is 22.1 Å². The molecular formula is C11H14ClFN2O2. The maximum absolute atomic E-state index is 13.4. The van der Waals surface area contributed by atoms with Crippen molar-refractivity contribution in [2.24, 2.45) is 5.73 Å². The molecule has 1 amide bonds. The Morgan fingerprint density at radius 1 is 1.65 bits per heavy atom. The lowest BCUT2D eigenvalue weighted by atomic mass is 10.2. The normalized spacial score (nSPS) is 12.2. The fraction of sp³-hybridized carbons (Fsp3) is 0.364. The summed E-state index contributed by atoms with van der Waals surface area (Å²) in [4.78, 5) is 11.6. The summed E-state index contributed by atoms with van der Waals surface area (Å²) in [5, 5.41) is 2.55. The summed E-state index contributed by atoms with van der Waals surface area (Å²) in [6.45, 7) is 0.217. The van der Waals surface area contributed by atoms with Crippen molar-refractivity contribution in [3.8, 4) is 0 Å². The van der Waals surface area contributed by atoms with Gasteiger partial charge in [-0.2, -0.15) is 0 Å². The Labute approximate surface area is 104 Å². The van der Waals surface area contributed by atoms with Crippen LogP contribution in [-0.4, -0.2) is 25.7 Å². The molecule has 1 rings (SSSR count). The van der Waals surface area contributed by atoms with Crippen LogP contribution in [0.2, 0.25) is 5.02 Å². The third-order valence-electron chi connectivity index (χ3n) is 2.24. The van der Waals surface area contributed by atoms with Crippen LogP contribution in [0.5, 0.6) is 0 Å². The topological polar surface area (TPSA) is 64.3 Å². The average Bonchev–Trinajstić information content (AvgIpc) is 2.31. The van der Waals surface area contributed by atoms with E-state index in [1.54, 1.807) is 0 Å². The molecule has 0 saturated carbocycles. The molecule has 0 aliphatic carbocycles. The van der Waals surface area contributed by atoms with Crippen LogP contribution in [-0.2, 0) is 9.53 Å². The number of amides is 1. The molecule has 0 fully saturated rings. The number of anilines is 1. The minimum absolute atomic E-state index is 0.0222. The maximum atomic E-state index is 13.4. The Hall–Kier alpha value is -1.17. The first kappa shape index (κ1) is 13.9. The highest BCUT2D eigenvalue weighted by molar-refractivity contribution is 6.33. The molecule has 17 heavy (non-hydrogen) atoms. The van der Waals surface area contributed by atoms with E-state index in [2.05, 4.69) is 5.32 Å². The highest BCUT2D eigenvalue weighted by Crippen LogP contribution is 2.24. The molecule has 3 N–H and O–H groups in total. The van der Waals surface area contributed by atoms with Crippen molar-refractivity contribution in [1.82, 2.24) is 0 Å². The number of nitrogens with two attached hydrogens (primary N) is 1. The lowest BCUT2D eigenvalue weighted by Gasteiger charge is -2.13. The molecule has 4 nitrogen and oxygen atoms in total. The number of para-hydroxylation sites is 1. The van der Waals surface area contributed by atoms with E-state index < -0.39 is 11.7 Å². The van der Waals surface area contributed by atoms with Crippen LogP contribution in [0.15, 0.2) is 18.2 Å². The molecule has 0 radical (unpaired) electrons. The van der Waals surface area contributed by atoms with Crippen molar-refractivity contribution >= 4 is 23.2 Å². The SMILES string of the molecule is COC(CN)CC(=O)Nc1c(F)cccc1Cl. The summed E-state index contributed by atoms with van der Waals surface area (Å²) in [6, 6.07) is 4.18. The molecular weight excluding hydrogens is 247 g/mol. The van der Waals surface area contributed by atoms with Crippen molar-refractivity contribution in [2.45, 2.75) is 12.5 Å². The summed E-state index contributed by atoms with van der Waals surface area (Å²) in [6.07, 6.45) is -0.335. The van der Waals surface area contributed by atoms with Gasteiger partial charge in [0.1, 0.15) is 5.82 Å². The fourth-order valence-corrected chi connectivity index (χ4v) is 1.49. The third-order valence-corrected chi connectivity index (χ3v) is 2.55. The number of carbonyl (C=O) groups excluding carboxylic acids is 1. The van der Waals surface area contributed by atoms with Gasteiger partial charge in [0.15, 0.2) is 0 Å². The second-order valence-electron chi connectivity index (χ2n) is 3.44. The van der Waals surface area contributed by atoms with E-state index in [1.165, 1.54) is 25.3 Å². The van der Waals surface area contributed by atoms with Gasteiger partial charge < -0.3 is 15.8 Å². The van der Waals surface area contributed by atoms with Gasteiger partial charge >= 0.3 is 0 Å². The van der Waals surface area contributed by atoms with Gasteiger partial charge in [-0.05, 0) is 12.1 Å². The van der Waals surface area contributed by atoms with Gasteiger partial charge in [-0.15, -0.1) is 0 Å². The van der Waals surface area contributed by atoms with Crippen LogP contribution >= 0.6 is 11.6 Å². The lowest BCUT2D eigenvalue weighted by Crippen LogP contribution is -2.28. The Balaban J connectivity index is 2.68. The number of carbonyl (C=O) groups is 1. The summed E-state index contributed by atoms with van der Waals surface area (Å²) in [5.41, 5.74) is 5.36. The quantitative estimate of drug-likeness (QED) is 0.848. The summed E-state index contributed by atoms with van der Waals surface area (Å²) < 4.78 is 18.3. The van der Waals surface area contributed by atoms with Crippen LogP contribution in [0.3, 0.4) is 0 Å². The number of methoxy groups -OCH3 is 1. The largest absolute Gasteiger partial charge is 0.380 e. The van der Waals surface area contributed by atoms with Gasteiger partial charge in [-0.3, -0.25) is 4.79 Å². The van der Waals surface area contributed by atoms with E-state index in [0.717, 1.165) is 0 Å². The lowest BCUT2D eigenvalue weighted by molar-refractivity contribution is -0.118. The first-order valence-corrected chi connectivity index (χ1v) is 5.43. The second kappa shape index (κ2) is 6.54. The number of halogens is 2. The fourth-order valence-electron chi connectivity index (χ4n) is 1.28. The van der Waals surface area contributed by atoms with Crippen molar-refractivity contribution in [2.75, 3.05) is 19.0 Å². The molecule has 1 aromatic carbocycles. The standard InChI is InChI=1S/C11H14ClFN2O2/c1-17-7(6-14)5-10(16)15-11-8(12)3-2-4-9(11)13/h2-4,7H,5-6,14H2,1H3,(H,15,16). The highest BCUT2D eigenvalue weighted by Gasteiger charge is 2.14. The number of hydrogen-bond donors (Lipinski definition) is 2. The number of rotatable bonds is 5.